The first-order valence-corrected chi connectivity index (χ1v) is 7.46. The second-order valence-corrected chi connectivity index (χ2v) is 5.72. The van der Waals surface area contributed by atoms with E-state index in [9.17, 15) is 0 Å². The van der Waals surface area contributed by atoms with Crippen LogP contribution in [0.1, 0.15) is 37.2 Å². The summed E-state index contributed by atoms with van der Waals surface area (Å²) >= 11 is 0. The molecule has 0 amide bonds. The monoisotopic (exact) mass is 358 g/mol. The molecule has 6 nitrogen and oxygen atoms in total. The van der Waals surface area contributed by atoms with Crippen molar-refractivity contribution in [1.29, 1.82) is 0 Å². The fraction of sp³-hybridized carbons (Fsp3) is 0.533. The molecule has 2 aromatic heterocycles. The predicted molar refractivity (Wildman–Crippen MR) is 96.5 cm³/mol. The van der Waals surface area contributed by atoms with Gasteiger partial charge in [0.1, 0.15) is 18.0 Å². The molecule has 8 heteroatoms. The van der Waals surface area contributed by atoms with Crippen molar-refractivity contribution in [3.63, 3.8) is 0 Å². The molecule has 0 spiro atoms. The third-order valence-corrected chi connectivity index (χ3v) is 4.18. The number of aryl methyl sites for hydroxylation is 1. The Morgan fingerprint density at radius 1 is 1.26 bits per heavy atom. The van der Waals surface area contributed by atoms with Gasteiger partial charge >= 0.3 is 0 Å². The summed E-state index contributed by atoms with van der Waals surface area (Å²) in [6.45, 7) is 3.79. The predicted octanol–water partition coefficient (Wildman–Crippen LogP) is 2.38. The zero-order valence-corrected chi connectivity index (χ0v) is 15.1. The summed E-state index contributed by atoms with van der Waals surface area (Å²) in [5.74, 6) is 2.48. The van der Waals surface area contributed by atoms with Crippen LogP contribution in [0, 0.1) is 0 Å². The van der Waals surface area contributed by atoms with Gasteiger partial charge in [-0.25, -0.2) is 15.0 Å². The Hall–Kier alpha value is -1.37. The molecule has 0 aromatic carbocycles. The first-order chi connectivity index (χ1) is 10.2. The lowest BCUT2D eigenvalue weighted by atomic mass is 9.78. The largest absolute Gasteiger partial charge is 0.352 e. The fourth-order valence-corrected chi connectivity index (χ4v) is 2.77. The molecule has 0 radical (unpaired) electrons. The topological polar surface area (TPSA) is 72.9 Å². The normalized spacial score (nSPS) is 19.3. The van der Waals surface area contributed by atoms with Crippen LogP contribution >= 0.6 is 24.8 Å². The second kappa shape index (κ2) is 8.47. The van der Waals surface area contributed by atoms with Crippen molar-refractivity contribution in [3.8, 4) is 0 Å². The maximum Gasteiger partial charge on any atom is 0.132 e. The van der Waals surface area contributed by atoms with Crippen LogP contribution in [0.4, 0.5) is 5.82 Å². The number of anilines is 1. The van der Waals surface area contributed by atoms with Gasteiger partial charge in [-0.05, 0) is 19.8 Å². The Labute approximate surface area is 149 Å². The molecule has 1 fully saturated rings. The van der Waals surface area contributed by atoms with E-state index in [1.54, 1.807) is 6.33 Å². The second-order valence-electron chi connectivity index (χ2n) is 5.72. The van der Waals surface area contributed by atoms with Gasteiger partial charge in [0.05, 0.1) is 6.54 Å². The number of rotatable bonds is 5. The average Bonchev–Trinajstić information content (AvgIpc) is 2.91. The molecule has 0 aliphatic heterocycles. The molecule has 2 aromatic rings. The van der Waals surface area contributed by atoms with E-state index >= 15 is 0 Å². The van der Waals surface area contributed by atoms with E-state index in [1.165, 1.54) is 0 Å². The van der Waals surface area contributed by atoms with E-state index in [4.69, 9.17) is 5.73 Å². The van der Waals surface area contributed by atoms with E-state index in [2.05, 4.69) is 37.4 Å². The van der Waals surface area contributed by atoms with Crippen molar-refractivity contribution in [2.24, 2.45) is 5.73 Å². The van der Waals surface area contributed by atoms with E-state index in [0.29, 0.717) is 12.0 Å². The number of imidazole rings is 1. The molecule has 0 bridgehead atoms. The molecule has 2 heterocycles. The third kappa shape index (κ3) is 4.34. The molecule has 2 N–H and O–H groups in total. The van der Waals surface area contributed by atoms with Crippen LogP contribution in [-0.2, 0) is 13.1 Å². The number of nitrogens with zero attached hydrogens (tertiary/aromatic N) is 5. The molecule has 0 atom stereocenters. The van der Waals surface area contributed by atoms with Gasteiger partial charge in [-0.3, -0.25) is 0 Å². The van der Waals surface area contributed by atoms with Crippen molar-refractivity contribution >= 4 is 30.6 Å². The fourth-order valence-electron chi connectivity index (χ4n) is 2.77. The first-order valence-electron chi connectivity index (χ1n) is 7.46. The molecule has 128 valence electrons. The minimum atomic E-state index is 0. The Morgan fingerprint density at radius 2 is 2.00 bits per heavy atom. The van der Waals surface area contributed by atoms with Crippen molar-refractivity contribution in [2.45, 2.75) is 44.8 Å². The van der Waals surface area contributed by atoms with Gasteiger partial charge in [-0.2, -0.15) is 0 Å². The zero-order chi connectivity index (χ0) is 14.8. The Balaban J connectivity index is 0.00000132. The molecule has 0 saturated heterocycles. The summed E-state index contributed by atoms with van der Waals surface area (Å²) in [5, 5.41) is 0. The van der Waals surface area contributed by atoms with Crippen LogP contribution in [-0.4, -0.2) is 32.6 Å². The maximum atomic E-state index is 5.86. The summed E-state index contributed by atoms with van der Waals surface area (Å²) in [4.78, 5) is 15.3. The minimum Gasteiger partial charge on any atom is -0.352 e. The smallest absolute Gasteiger partial charge is 0.132 e. The molecular weight excluding hydrogens is 335 g/mol. The summed E-state index contributed by atoms with van der Waals surface area (Å²) < 4.78 is 2.14. The number of halogens is 2. The van der Waals surface area contributed by atoms with Crippen LogP contribution in [0.2, 0.25) is 0 Å². The summed E-state index contributed by atoms with van der Waals surface area (Å²) in [7, 11) is 2.04. The Morgan fingerprint density at radius 3 is 2.65 bits per heavy atom. The third-order valence-electron chi connectivity index (χ3n) is 4.18. The van der Waals surface area contributed by atoms with Crippen LogP contribution in [0.15, 0.2) is 24.8 Å². The average molecular weight is 359 g/mol. The van der Waals surface area contributed by atoms with Gasteiger partial charge in [0.25, 0.3) is 0 Å². The van der Waals surface area contributed by atoms with Gasteiger partial charge in [-0.1, -0.05) is 0 Å². The van der Waals surface area contributed by atoms with Gasteiger partial charge < -0.3 is 15.2 Å². The lowest BCUT2D eigenvalue weighted by Gasteiger charge is -2.32. The van der Waals surface area contributed by atoms with Crippen LogP contribution in [0.25, 0.3) is 0 Å². The summed E-state index contributed by atoms with van der Waals surface area (Å²) in [6, 6.07) is 2.42. The van der Waals surface area contributed by atoms with Crippen molar-refractivity contribution < 1.29 is 0 Å². The standard InChI is InChI=1S/C15H22N6.2ClH/c1-3-21-5-4-17-15(21)9-20(2)14-8-13(18-10-19-14)11-6-12(16)7-11;;/h4-5,8,10-12H,3,6-7,9,16H2,1-2H3;2*1H. The number of nitrogens with two attached hydrogens (primary N) is 1. The highest BCUT2D eigenvalue weighted by Crippen LogP contribution is 2.35. The molecule has 3 rings (SSSR count). The Kier molecular flexibility index (Phi) is 7.25. The first kappa shape index (κ1) is 19.7. The van der Waals surface area contributed by atoms with E-state index in [0.717, 1.165) is 43.3 Å². The number of aromatic nitrogens is 4. The molecule has 1 aliphatic rings. The minimum absolute atomic E-state index is 0. The molecular formula is C15H24Cl2N6. The van der Waals surface area contributed by atoms with E-state index in [1.807, 2.05) is 19.4 Å². The quantitative estimate of drug-likeness (QED) is 0.887. The highest BCUT2D eigenvalue weighted by Gasteiger charge is 2.28. The molecule has 1 saturated carbocycles. The SMILES string of the molecule is CCn1ccnc1CN(C)c1cc(C2CC(N)C2)ncn1.Cl.Cl. The lowest BCUT2D eigenvalue weighted by molar-refractivity contribution is 0.345. The molecule has 23 heavy (non-hydrogen) atoms. The highest BCUT2D eigenvalue weighted by molar-refractivity contribution is 5.85. The van der Waals surface area contributed by atoms with Gasteiger partial charge in [0.2, 0.25) is 0 Å². The van der Waals surface area contributed by atoms with Crippen molar-refractivity contribution in [2.75, 3.05) is 11.9 Å². The van der Waals surface area contributed by atoms with Crippen LogP contribution in [0.3, 0.4) is 0 Å². The zero-order valence-electron chi connectivity index (χ0n) is 13.4. The maximum absolute atomic E-state index is 5.86. The van der Waals surface area contributed by atoms with Gasteiger partial charge in [0.15, 0.2) is 0 Å². The molecule has 0 unspecified atom stereocenters. The number of hydrogen-bond donors (Lipinski definition) is 1. The van der Waals surface area contributed by atoms with Crippen LogP contribution in [0.5, 0.6) is 0 Å². The van der Waals surface area contributed by atoms with E-state index in [-0.39, 0.29) is 24.8 Å². The van der Waals surface area contributed by atoms with Crippen molar-refractivity contribution in [1.82, 2.24) is 19.5 Å². The van der Waals surface area contributed by atoms with Crippen LogP contribution < -0.4 is 10.6 Å². The molecule has 1 aliphatic carbocycles. The number of hydrogen-bond acceptors (Lipinski definition) is 5. The van der Waals surface area contributed by atoms with Gasteiger partial charge in [0, 0.05) is 49.7 Å². The van der Waals surface area contributed by atoms with Gasteiger partial charge in [-0.15, -0.1) is 24.8 Å². The summed E-state index contributed by atoms with van der Waals surface area (Å²) in [5.41, 5.74) is 6.97. The highest BCUT2D eigenvalue weighted by atomic mass is 35.5. The van der Waals surface area contributed by atoms with Crippen molar-refractivity contribution in [3.05, 3.63) is 36.3 Å². The van der Waals surface area contributed by atoms with E-state index < -0.39 is 0 Å². The summed E-state index contributed by atoms with van der Waals surface area (Å²) in [6.07, 6.45) is 7.55. The lowest BCUT2D eigenvalue weighted by Crippen LogP contribution is -2.35. The Bertz CT molecular complexity index is 612.